The van der Waals surface area contributed by atoms with Crippen LogP contribution in [-0.2, 0) is 4.79 Å². The molecule has 1 amide bonds. The molecular formula is C19H19FN4OS2. The summed E-state index contributed by atoms with van der Waals surface area (Å²) >= 11 is 2.65. The van der Waals surface area contributed by atoms with Crippen LogP contribution < -0.4 is 10.6 Å². The lowest BCUT2D eigenvalue weighted by atomic mass is 10.1. The van der Waals surface area contributed by atoms with Gasteiger partial charge in [0, 0.05) is 11.4 Å². The summed E-state index contributed by atoms with van der Waals surface area (Å²) in [6.45, 7) is 5.81. The summed E-state index contributed by atoms with van der Waals surface area (Å²) in [5.41, 5.74) is 3.59. The smallest absolute Gasteiger partial charge is 0.237 e. The molecule has 0 bridgehead atoms. The Kier molecular flexibility index (Phi) is 6.08. The third-order valence-electron chi connectivity index (χ3n) is 3.77. The van der Waals surface area contributed by atoms with Gasteiger partial charge in [0.1, 0.15) is 5.82 Å². The minimum absolute atomic E-state index is 0.0956. The number of aryl methyl sites for hydroxylation is 2. The van der Waals surface area contributed by atoms with E-state index in [2.05, 4.69) is 20.8 Å². The van der Waals surface area contributed by atoms with E-state index < -0.39 is 0 Å². The van der Waals surface area contributed by atoms with E-state index in [0.29, 0.717) is 15.2 Å². The summed E-state index contributed by atoms with van der Waals surface area (Å²) in [6.07, 6.45) is 0. The Hall–Kier alpha value is -2.45. The lowest BCUT2D eigenvalue weighted by Crippen LogP contribution is -2.22. The van der Waals surface area contributed by atoms with Crippen LogP contribution in [0.25, 0.3) is 0 Å². The molecule has 3 aromatic rings. The van der Waals surface area contributed by atoms with Gasteiger partial charge in [-0.05, 0) is 50.6 Å². The van der Waals surface area contributed by atoms with E-state index in [-0.39, 0.29) is 17.0 Å². The number of benzene rings is 2. The van der Waals surface area contributed by atoms with Crippen LogP contribution in [0.1, 0.15) is 18.1 Å². The van der Waals surface area contributed by atoms with Crippen molar-refractivity contribution in [2.75, 3.05) is 10.6 Å². The number of aromatic nitrogens is 2. The third-order valence-corrected chi connectivity index (χ3v) is 5.79. The standard InChI is InChI=1S/C19H19FN4OS2/c1-11-7-8-16(12(2)9-11)22-17(25)13(3)26-19-24-23-18(27-19)21-15-6-4-5-14(20)10-15/h4-10,13H,1-3H3,(H,21,23)(H,22,25)/t13-/m1/s1. The molecule has 8 heteroatoms. The van der Waals surface area contributed by atoms with Gasteiger partial charge >= 0.3 is 0 Å². The van der Waals surface area contributed by atoms with E-state index in [9.17, 15) is 9.18 Å². The van der Waals surface area contributed by atoms with Crippen molar-refractivity contribution >= 4 is 45.5 Å². The second-order valence-corrected chi connectivity index (χ2v) is 8.64. The number of anilines is 3. The quantitative estimate of drug-likeness (QED) is 0.558. The number of hydrogen-bond donors (Lipinski definition) is 2. The predicted octanol–water partition coefficient (Wildman–Crippen LogP) is 5.16. The second-order valence-electron chi connectivity index (χ2n) is 6.08. The maximum Gasteiger partial charge on any atom is 0.237 e. The van der Waals surface area contributed by atoms with Crippen LogP contribution in [0.4, 0.5) is 20.9 Å². The number of carbonyl (C=O) groups is 1. The number of nitrogens with one attached hydrogen (secondary N) is 2. The molecule has 3 rings (SSSR count). The molecule has 2 N–H and O–H groups in total. The van der Waals surface area contributed by atoms with E-state index in [1.165, 1.54) is 35.2 Å². The maximum absolute atomic E-state index is 13.2. The number of hydrogen-bond acceptors (Lipinski definition) is 6. The van der Waals surface area contributed by atoms with Crippen molar-refractivity contribution in [1.82, 2.24) is 10.2 Å². The molecule has 5 nitrogen and oxygen atoms in total. The topological polar surface area (TPSA) is 66.9 Å². The third kappa shape index (κ3) is 5.27. The molecule has 1 heterocycles. The van der Waals surface area contributed by atoms with Gasteiger partial charge < -0.3 is 10.6 Å². The molecule has 0 saturated carbocycles. The van der Waals surface area contributed by atoms with Crippen LogP contribution in [0, 0.1) is 19.7 Å². The molecule has 0 aliphatic heterocycles. The monoisotopic (exact) mass is 402 g/mol. The number of thioether (sulfide) groups is 1. The average molecular weight is 403 g/mol. The number of amides is 1. The van der Waals surface area contributed by atoms with E-state index in [1.54, 1.807) is 12.1 Å². The van der Waals surface area contributed by atoms with Crippen molar-refractivity contribution in [3.8, 4) is 0 Å². The average Bonchev–Trinajstić information content (AvgIpc) is 3.04. The molecule has 0 unspecified atom stereocenters. The summed E-state index contributed by atoms with van der Waals surface area (Å²) in [4.78, 5) is 12.5. The summed E-state index contributed by atoms with van der Waals surface area (Å²) < 4.78 is 13.9. The highest BCUT2D eigenvalue weighted by atomic mass is 32.2. The van der Waals surface area contributed by atoms with Crippen molar-refractivity contribution < 1.29 is 9.18 Å². The van der Waals surface area contributed by atoms with Crippen LogP contribution in [0.3, 0.4) is 0 Å². The SMILES string of the molecule is Cc1ccc(NC(=O)[C@@H](C)Sc2nnc(Nc3cccc(F)c3)s2)c(C)c1. The van der Waals surface area contributed by atoms with Gasteiger partial charge in [0.05, 0.1) is 5.25 Å². The zero-order valence-corrected chi connectivity index (χ0v) is 16.7. The lowest BCUT2D eigenvalue weighted by Gasteiger charge is -2.12. The Morgan fingerprint density at radius 1 is 1.19 bits per heavy atom. The highest BCUT2D eigenvalue weighted by molar-refractivity contribution is 8.02. The van der Waals surface area contributed by atoms with Crippen LogP contribution in [0.15, 0.2) is 46.8 Å². The van der Waals surface area contributed by atoms with Gasteiger partial charge in [0.15, 0.2) is 4.34 Å². The molecule has 0 fully saturated rings. The van der Waals surface area contributed by atoms with Gasteiger partial charge in [-0.1, -0.05) is 46.9 Å². The van der Waals surface area contributed by atoms with Crippen LogP contribution in [0.5, 0.6) is 0 Å². The number of halogens is 1. The van der Waals surface area contributed by atoms with Gasteiger partial charge in [-0.3, -0.25) is 4.79 Å². The summed E-state index contributed by atoms with van der Waals surface area (Å²) in [6, 6.07) is 12.0. The normalized spacial score (nSPS) is 11.9. The predicted molar refractivity (Wildman–Crippen MR) is 109 cm³/mol. The zero-order valence-electron chi connectivity index (χ0n) is 15.1. The summed E-state index contributed by atoms with van der Waals surface area (Å²) in [5, 5.41) is 14.3. The maximum atomic E-state index is 13.2. The fourth-order valence-corrected chi connectivity index (χ4v) is 4.31. The Bertz CT molecular complexity index is 960. The highest BCUT2D eigenvalue weighted by Gasteiger charge is 2.18. The first-order chi connectivity index (χ1) is 12.9. The molecule has 0 saturated heterocycles. The number of carbonyl (C=O) groups excluding carboxylic acids is 1. The van der Waals surface area contributed by atoms with Gasteiger partial charge in [0.2, 0.25) is 11.0 Å². The molecule has 0 aliphatic carbocycles. The molecule has 27 heavy (non-hydrogen) atoms. The van der Waals surface area contributed by atoms with Crippen molar-refractivity contribution in [1.29, 1.82) is 0 Å². The number of rotatable bonds is 6. The molecule has 1 aromatic heterocycles. The van der Waals surface area contributed by atoms with Gasteiger partial charge in [-0.15, -0.1) is 10.2 Å². The fourth-order valence-electron chi connectivity index (χ4n) is 2.39. The minimum Gasteiger partial charge on any atom is -0.330 e. The van der Waals surface area contributed by atoms with E-state index >= 15 is 0 Å². The van der Waals surface area contributed by atoms with Crippen molar-refractivity contribution in [3.63, 3.8) is 0 Å². The summed E-state index contributed by atoms with van der Waals surface area (Å²) in [5.74, 6) is -0.419. The van der Waals surface area contributed by atoms with Gasteiger partial charge in [-0.25, -0.2) is 4.39 Å². The van der Waals surface area contributed by atoms with E-state index in [4.69, 9.17) is 0 Å². The van der Waals surface area contributed by atoms with Crippen LogP contribution in [-0.4, -0.2) is 21.4 Å². The Morgan fingerprint density at radius 2 is 2.00 bits per heavy atom. The second kappa shape index (κ2) is 8.49. The first-order valence-electron chi connectivity index (χ1n) is 8.31. The minimum atomic E-state index is -0.333. The lowest BCUT2D eigenvalue weighted by molar-refractivity contribution is -0.115. The molecule has 2 aromatic carbocycles. The van der Waals surface area contributed by atoms with Gasteiger partial charge in [0.25, 0.3) is 0 Å². The Balaban J connectivity index is 1.59. The summed E-state index contributed by atoms with van der Waals surface area (Å²) in [7, 11) is 0. The molecule has 0 aliphatic rings. The van der Waals surface area contributed by atoms with Gasteiger partial charge in [-0.2, -0.15) is 0 Å². The van der Waals surface area contributed by atoms with Crippen molar-refractivity contribution in [2.24, 2.45) is 0 Å². The molecule has 0 spiro atoms. The first-order valence-corrected chi connectivity index (χ1v) is 10.0. The van der Waals surface area contributed by atoms with Crippen LogP contribution >= 0.6 is 23.1 Å². The molecular weight excluding hydrogens is 383 g/mol. The molecule has 1 atom stereocenters. The van der Waals surface area contributed by atoms with E-state index in [0.717, 1.165) is 16.8 Å². The van der Waals surface area contributed by atoms with Crippen molar-refractivity contribution in [3.05, 3.63) is 59.4 Å². The Morgan fingerprint density at radius 3 is 2.74 bits per heavy atom. The number of nitrogens with zero attached hydrogens (tertiary/aromatic N) is 2. The first kappa shape index (κ1) is 19.3. The zero-order chi connectivity index (χ0) is 19.4. The van der Waals surface area contributed by atoms with E-state index in [1.807, 2.05) is 39.0 Å². The molecule has 140 valence electrons. The van der Waals surface area contributed by atoms with Crippen LogP contribution in [0.2, 0.25) is 0 Å². The highest BCUT2D eigenvalue weighted by Crippen LogP contribution is 2.31. The Labute approximate surface area is 165 Å². The molecule has 0 radical (unpaired) electrons. The fraction of sp³-hybridized carbons (Fsp3) is 0.211. The van der Waals surface area contributed by atoms with Crippen molar-refractivity contribution in [2.45, 2.75) is 30.4 Å². The largest absolute Gasteiger partial charge is 0.330 e.